The monoisotopic (exact) mass is 403 g/mol. The van der Waals surface area contributed by atoms with Crippen molar-refractivity contribution in [3.8, 4) is 11.3 Å². The van der Waals surface area contributed by atoms with E-state index in [4.69, 9.17) is 4.42 Å². The van der Waals surface area contributed by atoms with Gasteiger partial charge in [0.1, 0.15) is 11.5 Å². The molecule has 0 saturated carbocycles. The zero-order valence-electron chi connectivity index (χ0n) is 16.9. The number of carbonyl (C=O) groups is 1. The molecule has 0 saturated heterocycles. The average Bonchev–Trinajstić information content (AvgIpc) is 3.52. The van der Waals surface area contributed by atoms with Crippen LogP contribution < -0.4 is 0 Å². The van der Waals surface area contributed by atoms with Gasteiger partial charge in [-0.25, -0.2) is 0 Å². The fourth-order valence-electron chi connectivity index (χ4n) is 3.93. The third-order valence-electron chi connectivity index (χ3n) is 5.42. The molecule has 2 aromatic heterocycles. The van der Waals surface area contributed by atoms with Gasteiger partial charge in [0.2, 0.25) is 0 Å². The van der Waals surface area contributed by atoms with Gasteiger partial charge in [0, 0.05) is 23.0 Å². The first-order chi connectivity index (χ1) is 15.3. The smallest absolute Gasteiger partial charge is 0.262 e. The summed E-state index contributed by atoms with van der Waals surface area (Å²) >= 11 is 0. The van der Waals surface area contributed by atoms with Crippen LogP contribution in [0, 0.1) is 0 Å². The molecule has 0 fully saturated rings. The lowest BCUT2D eigenvalue weighted by atomic mass is 9.93. The standard InChI is InChI=1S/C28H21NO2/c30-28(23-15-8-3-9-16-23)29-20-10-17-24(29)27(22-13-6-2-7-14-22)26-19-18-25(31-26)21-11-4-1-5-12-21/h1-20,27H. The van der Waals surface area contributed by atoms with Crippen LogP contribution in [-0.4, -0.2) is 10.5 Å². The molecule has 5 aromatic rings. The Labute approximate surface area is 181 Å². The first-order valence-electron chi connectivity index (χ1n) is 10.3. The summed E-state index contributed by atoms with van der Waals surface area (Å²) in [6.45, 7) is 0. The highest BCUT2D eigenvalue weighted by Gasteiger charge is 2.25. The molecule has 31 heavy (non-hydrogen) atoms. The number of carbonyl (C=O) groups excluding carboxylic acids is 1. The Kier molecular flexibility index (Phi) is 5.07. The Morgan fingerprint density at radius 3 is 2.03 bits per heavy atom. The molecule has 0 amide bonds. The lowest BCUT2D eigenvalue weighted by molar-refractivity contribution is 0.0957. The lowest BCUT2D eigenvalue weighted by Crippen LogP contribution is -2.17. The highest BCUT2D eigenvalue weighted by molar-refractivity contribution is 5.96. The summed E-state index contributed by atoms with van der Waals surface area (Å²) in [6.07, 6.45) is 1.82. The molecule has 2 heterocycles. The summed E-state index contributed by atoms with van der Waals surface area (Å²) in [6, 6.07) is 37.4. The molecular weight excluding hydrogens is 382 g/mol. The summed E-state index contributed by atoms with van der Waals surface area (Å²) in [5.74, 6) is 1.34. The second-order valence-electron chi connectivity index (χ2n) is 7.39. The van der Waals surface area contributed by atoms with E-state index < -0.39 is 0 Å². The fourth-order valence-corrected chi connectivity index (χ4v) is 3.93. The van der Waals surface area contributed by atoms with E-state index in [1.165, 1.54) is 0 Å². The third-order valence-corrected chi connectivity index (χ3v) is 5.42. The van der Waals surface area contributed by atoms with Gasteiger partial charge < -0.3 is 4.42 Å². The molecule has 0 spiro atoms. The van der Waals surface area contributed by atoms with Gasteiger partial charge in [0.15, 0.2) is 0 Å². The van der Waals surface area contributed by atoms with E-state index in [0.29, 0.717) is 5.56 Å². The van der Waals surface area contributed by atoms with Crippen LogP contribution in [0.15, 0.2) is 126 Å². The summed E-state index contributed by atoms with van der Waals surface area (Å²) in [7, 11) is 0. The minimum Gasteiger partial charge on any atom is -0.460 e. The summed E-state index contributed by atoms with van der Waals surface area (Å²) in [5.41, 5.74) is 3.61. The van der Waals surface area contributed by atoms with Gasteiger partial charge in [-0.2, -0.15) is 0 Å². The van der Waals surface area contributed by atoms with Gasteiger partial charge in [0.25, 0.3) is 5.91 Å². The minimum atomic E-state index is -0.207. The zero-order valence-corrected chi connectivity index (χ0v) is 16.9. The number of aromatic nitrogens is 1. The van der Waals surface area contributed by atoms with Crippen molar-refractivity contribution < 1.29 is 9.21 Å². The average molecular weight is 403 g/mol. The molecule has 0 aliphatic carbocycles. The SMILES string of the molecule is O=C(c1ccccc1)n1cccc1C(c1ccccc1)c1ccc(-c2ccccc2)o1. The maximum atomic E-state index is 13.3. The van der Waals surface area contributed by atoms with Gasteiger partial charge in [-0.05, 0) is 42.0 Å². The van der Waals surface area contributed by atoms with Crippen LogP contribution in [0.25, 0.3) is 11.3 Å². The van der Waals surface area contributed by atoms with Crippen molar-refractivity contribution in [3.05, 3.63) is 144 Å². The van der Waals surface area contributed by atoms with Crippen molar-refractivity contribution in [2.45, 2.75) is 5.92 Å². The summed E-state index contributed by atoms with van der Waals surface area (Å²) in [4.78, 5) is 13.3. The van der Waals surface area contributed by atoms with Gasteiger partial charge in [-0.1, -0.05) is 78.9 Å². The fraction of sp³-hybridized carbons (Fsp3) is 0.0357. The lowest BCUT2D eigenvalue weighted by Gasteiger charge is -2.18. The van der Waals surface area contributed by atoms with Crippen LogP contribution >= 0.6 is 0 Å². The second kappa shape index (κ2) is 8.33. The second-order valence-corrected chi connectivity index (χ2v) is 7.39. The van der Waals surface area contributed by atoms with Gasteiger partial charge in [-0.15, -0.1) is 0 Å². The number of furan rings is 1. The van der Waals surface area contributed by atoms with E-state index in [9.17, 15) is 4.79 Å². The molecule has 0 aliphatic heterocycles. The van der Waals surface area contributed by atoms with E-state index in [0.717, 1.165) is 28.3 Å². The molecule has 0 N–H and O–H groups in total. The molecule has 3 nitrogen and oxygen atoms in total. The summed E-state index contributed by atoms with van der Waals surface area (Å²) in [5, 5.41) is 0. The van der Waals surface area contributed by atoms with Gasteiger partial charge in [-0.3, -0.25) is 9.36 Å². The maximum absolute atomic E-state index is 13.3. The first kappa shape index (κ1) is 18.9. The number of nitrogens with zero attached hydrogens (tertiary/aromatic N) is 1. The highest BCUT2D eigenvalue weighted by atomic mass is 16.3. The van der Waals surface area contributed by atoms with Gasteiger partial charge >= 0.3 is 0 Å². The Bertz CT molecular complexity index is 1280. The minimum absolute atomic E-state index is 0.0589. The van der Waals surface area contributed by atoms with Crippen LogP contribution in [0.2, 0.25) is 0 Å². The van der Waals surface area contributed by atoms with Crippen molar-refractivity contribution >= 4 is 5.91 Å². The quantitative estimate of drug-likeness (QED) is 0.331. The molecule has 1 atom stereocenters. The maximum Gasteiger partial charge on any atom is 0.262 e. The molecular formula is C28H21NO2. The van der Waals surface area contributed by atoms with E-state index in [2.05, 4.69) is 12.1 Å². The Hall–Kier alpha value is -4.11. The molecule has 0 aliphatic rings. The van der Waals surface area contributed by atoms with Gasteiger partial charge in [0.05, 0.1) is 5.92 Å². The zero-order chi connectivity index (χ0) is 21.0. The van der Waals surface area contributed by atoms with E-state index >= 15 is 0 Å². The van der Waals surface area contributed by atoms with E-state index in [-0.39, 0.29) is 11.8 Å². The van der Waals surface area contributed by atoms with Crippen LogP contribution in [0.3, 0.4) is 0 Å². The topological polar surface area (TPSA) is 35.1 Å². The summed E-state index contributed by atoms with van der Waals surface area (Å²) < 4.78 is 8.05. The molecule has 5 rings (SSSR count). The van der Waals surface area contributed by atoms with E-state index in [1.807, 2.05) is 109 Å². The predicted molar refractivity (Wildman–Crippen MR) is 122 cm³/mol. The molecule has 150 valence electrons. The number of hydrogen-bond acceptors (Lipinski definition) is 2. The van der Waals surface area contributed by atoms with Crippen molar-refractivity contribution in [3.63, 3.8) is 0 Å². The molecule has 3 aromatic carbocycles. The number of hydrogen-bond donors (Lipinski definition) is 0. The third kappa shape index (κ3) is 3.74. The molecule has 0 bridgehead atoms. The molecule has 3 heteroatoms. The van der Waals surface area contributed by atoms with Crippen molar-refractivity contribution in [1.82, 2.24) is 4.57 Å². The van der Waals surface area contributed by atoms with Crippen LogP contribution in [0.5, 0.6) is 0 Å². The van der Waals surface area contributed by atoms with Crippen LogP contribution in [-0.2, 0) is 0 Å². The van der Waals surface area contributed by atoms with Crippen molar-refractivity contribution in [2.75, 3.05) is 0 Å². The van der Waals surface area contributed by atoms with Crippen LogP contribution in [0.4, 0.5) is 0 Å². The Morgan fingerprint density at radius 1 is 0.677 bits per heavy atom. The Balaban J connectivity index is 1.61. The predicted octanol–water partition coefficient (Wildman–Crippen LogP) is 6.62. The molecule has 0 radical (unpaired) electrons. The van der Waals surface area contributed by atoms with Crippen LogP contribution in [0.1, 0.15) is 33.3 Å². The normalized spacial score (nSPS) is 11.9. The van der Waals surface area contributed by atoms with E-state index in [1.54, 1.807) is 4.57 Å². The van der Waals surface area contributed by atoms with Crippen molar-refractivity contribution in [1.29, 1.82) is 0 Å². The number of rotatable bonds is 5. The number of benzene rings is 3. The first-order valence-corrected chi connectivity index (χ1v) is 10.3. The van der Waals surface area contributed by atoms with Crippen molar-refractivity contribution in [2.24, 2.45) is 0 Å². The Morgan fingerprint density at radius 2 is 1.32 bits per heavy atom. The highest BCUT2D eigenvalue weighted by Crippen LogP contribution is 2.35. The molecule has 1 unspecified atom stereocenters. The largest absolute Gasteiger partial charge is 0.460 e.